The van der Waals surface area contributed by atoms with Gasteiger partial charge in [0.15, 0.2) is 5.16 Å². The second kappa shape index (κ2) is 9.95. The van der Waals surface area contributed by atoms with Gasteiger partial charge in [0.05, 0.1) is 10.7 Å². The zero-order valence-corrected chi connectivity index (χ0v) is 18.2. The Labute approximate surface area is 195 Å². The summed E-state index contributed by atoms with van der Waals surface area (Å²) >= 11 is 1.12. The van der Waals surface area contributed by atoms with Crippen molar-refractivity contribution in [3.63, 3.8) is 0 Å². The van der Waals surface area contributed by atoms with E-state index in [2.05, 4.69) is 25.5 Å². The smallest absolute Gasteiger partial charge is 0.325 e. The van der Waals surface area contributed by atoms with E-state index >= 15 is 0 Å². The average Bonchev–Trinajstić information content (AvgIpc) is 3.20. The Bertz CT molecular complexity index is 1430. The van der Waals surface area contributed by atoms with Crippen LogP contribution in [0, 0.1) is 10.1 Å². The number of benzene rings is 2. The van der Waals surface area contributed by atoms with Crippen LogP contribution in [0.25, 0.3) is 5.69 Å². The largest absolute Gasteiger partial charge is 0.325 e. The zero-order chi connectivity index (χ0) is 24.1. The van der Waals surface area contributed by atoms with Gasteiger partial charge in [-0.3, -0.25) is 29.3 Å². The van der Waals surface area contributed by atoms with Gasteiger partial charge in [0.2, 0.25) is 5.91 Å². The fourth-order valence-corrected chi connectivity index (χ4v) is 3.92. The number of anilines is 1. The Morgan fingerprint density at radius 1 is 1.06 bits per heavy atom. The van der Waals surface area contributed by atoms with E-state index in [0.29, 0.717) is 22.4 Å². The van der Waals surface area contributed by atoms with Crippen LogP contribution in [-0.2, 0) is 11.2 Å². The van der Waals surface area contributed by atoms with Crippen LogP contribution in [0.2, 0.25) is 0 Å². The molecule has 0 fully saturated rings. The fourth-order valence-electron chi connectivity index (χ4n) is 3.15. The summed E-state index contributed by atoms with van der Waals surface area (Å²) in [4.78, 5) is 50.8. The molecule has 2 heterocycles. The van der Waals surface area contributed by atoms with E-state index in [1.807, 2.05) is 30.3 Å². The third kappa shape index (κ3) is 5.45. The number of amides is 1. The number of non-ortho nitro benzene ring substituents is 1. The van der Waals surface area contributed by atoms with Crippen molar-refractivity contribution in [3.05, 3.63) is 103 Å². The molecule has 0 radical (unpaired) electrons. The van der Waals surface area contributed by atoms with E-state index in [1.54, 1.807) is 10.6 Å². The van der Waals surface area contributed by atoms with Crippen LogP contribution in [0.15, 0.2) is 75.4 Å². The number of aromatic nitrogens is 5. The number of nitro groups is 1. The first-order chi connectivity index (χ1) is 16.4. The maximum atomic E-state index is 12.5. The third-order valence-electron chi connectivity index (χ3n) is 4.55. The van der Waals surface area contributed by atoms with Crippen LogP contribution in [-0.4, -0.2) is 41.3 Å². The number of para-hydroxylation sites is 1. The van der Waals surface area contributed by atoms with Crippen molar-refractivity contribution in [1.82, 2.24) is 24.7 Å². The van der Waals surface area contributed by atoms with Gasteiger partial charge in [0.25, 0.3) is 11.2 Å². The minimum Gasteiger partial charge on any atom is -0.325 e. The zero-order valence-electron chi connectivity index (χ0n) is 17.4. The van der Waals surface area contributed by atoms with Crippen molar-refractivity contribution < 1.29 is 9.72 Å². The number of hydrogen-bond acceptors (Lipinski definition) is 8. The normalized spacial score (nSPS) is 10.7. The molecule has 0 atom stereocenters. The summed E-state index contributed by atoms with van der Waals surface area (Å²) in [6.45, 7) is 0. The van der Waals surface area contributed by atoms with E-state index < -0.39 is 16.2 Å². The second-order valence-electron chi connectivity index (χ2n) is 7.00. The highest BCUT2D eigenvalue weighted by molar-refractivity contribution is 7.99. The highest BCUT2D eigenvalue weighted by Crippen LogP contribution is 2.24. The molecule has 4 aromatic rings. The van der Waals surface area contributed by atoms with Crippen molar-refractivity contribution in [2.45, 2.75) is 11.6 Å². The molecule has 0 aliphatic rings. The molecular formula is C21H17N7O5S. The summed E-state index contributed by atoms with van der Waals surface area (Å²) in [7, 11) is 0. The summed E-state index contributed by atoms with van der Waals surface area (Å²) in [6.07, 6.45) is 0.126. The molecule has 13 heteroatoms. The number of nitrogens with zero attached hydrogens (tertiary/aromatic N) is 4. The number of aromatic amines is 2. The Morgan fingerprint density at radius 2 is 1.85 bits per heavy atom. The number of rotatable bonds is 8. The van der Waals surface area contributed by atoms with E-state index in [1.165, 1.54) is 24.3 Å². The minimum atomic E-state index is -0.624. The van der Waals surface area contributed by atoms with E-state index in [9.17, 15) is 24.5 Å². The molecule has 3 N–H and O–H groups in total. The van der Waals surface area contributed by atoms with E-state index in [0.717, 1.165) is 17.4 Å². The van der Waals surface area contributed by atoms with Gasteiger partial charge in [-0.2, -0.15) is 0 Å². The monoisotopic (exact) mass is 479 g/mol. The first-order valence-corrected chi connectivity index (χ1v) is 10.9. The van der Waals surface area contributed by atoms with Gasteiger partial charge < -0.3 is 10.3 Å². The Kier molecular flexibility index (Phi) is 6.64. The fraction of sp³-hybridized carbons (Fsp3) is 0.0952. The van der Waals surface area contributed by atoms with Gasteiger partial charge in [0, 0.05) is 41.7 Å². The van der Waals surface area contributed by atoms with Gasteiger partial charge in [-0.15, -0.1) is 10.2 Å². The molecule has 1 amide bonds. The van der Waals surface area contributed by atoms with Crippen LogP contribution in [0.5, 0.6) is 0 Å². The molecule has 0 bridgehead atoms. The SMILES string of the molecule is O=C(CSc1nnc(Cc2cc(=O)[nH]c(=O)[nH]2)n1-c1ccccc1)Nc1cccc([N+](=O)[O-])c1. The molecule has 0 aliphatic carbocycles. The average molecular weight is 479 g/mol. The highest BCUT2D eigenvalue weighted by atomic mass is 32.2. The highest BCUT2D eigenvalue weighted by Gasteiger charge is 2.17. The summed E-state index contributed by atoms with van der Waals surface area (Å²) in [6, 6.07) is 16.1. The number of nitro benzene ring substituents is 1. The standard InChI is InChI=1S/C21H17N7O5S/c29-18-11-14(23-20(31)24-18)10-17-25-26-21(27(17)15-6-2-1-3-7-15)34-12-19(30)22-13-5-4-8-16(9-13)28(32)33/h1-9,11H,10,12H2,(H,22,30)(H2,23,24,29,31). The van der Waals surface area contributed by atoms with Gasteiger partial charge in [0.1, 0.15) is 5.82 Å². The van der Waals surface area contributed by atoms with Crippen LogP contribution >= 0.6 is 11.8 Å². The van der Waals surface area contributed by atoms with Crippen molar-refractivity contribution >= 4 is 29.0 Å². The Morgan fingerprint density at radius 3 is 2.59 bits per heavy atom. The van der Waals surface area contributed by atoms with Crippen molar-refractivity contribution in [2.24, 2.45) is 0 Å². The van der Waals surface area contributed by atoms with Crippen molar-refractivity contribution in [2.75, 3.05) is 11.1 Å². The second-order valence-corrected chi connectivity index (χ2v) is 7.95. The number of hydrogen-bond donors (Lipinski definition) is 3. The van der Waals surface area contributed by atoms with Gasteiger partial charge in [-0.1, -0.05) is 36.0 Å². The molecule has 0 spiro atoms. The number of nitrogens with one attached hydrogen (secondary N) is 3. The molecular weight excluding hydrogens is 462 g/mol. The van der Waals surface area contributed by atoms with Gasteiger partial charge >= 0.3 is 5.69 Å². The maximum absolute atomic E-state index is 12.5. The summed E-state index contributed by atoms with van der Waals surface area (Å²) in [5.41, 5.74) is 0.118. The van der Waals surface area contributed by atoms with Crippen LogP contribution < -0.4 is 16.6 Å². The summed E-state index contributed by atoms with van der Waals surface area (Å²) in [5, 5.41) is 22.3. The van der Waals surface area contributed by atoms with Gasteiger partial charge in [-0.25, -0.2) is 4.79 Å². The predicted octanol–water partition coefficient (Wildman–Crippen LogP) is 1.87. The molecule has 0 saturated heterocycles. The Balaban J connectivity index is 1.55. The lowest BCUT2D eigenvalue weighted by Gasteiger charge is -2.10. The molecule has 0 saturated carbocycles. The quantitative estimate of drug-likeness (QED) is 0.195. The number of carbonyl (C=O) groups excluding carboxylic acids is 1. The molecule has 0 aliphatic heterocycles. The van der Waals surface area contributed by atoms with Crippen molar-refractivity contribution in [1.29, 1.82) is 0 Å². The van der Waals surface area contributed by atoms with Crippen molar-refractivity contribution in [3.8, 4) is 5.69 Å². The van der Waals surface area contributed by atoms with E-state index in [-0.39, 0.29) is 23.8 Å². The van der Waals surface area contributed by atoms with Gasteiger partial charge in [-0.05, 0) is 18.2 Å². The molecule has 12 nitrogen and oxygen atoms in total. The minimum absolute atomic E-state index is 0.0322. The lowest BCUT2D eigenvalue weighted by Crippen LogP contribution is -2.23. The first kappa shape index (κ1) is 22.7. The van der Waals surface area contributed by atoms with E-state index in [4.69, 9.17) is 0 Å². The van der Waals surface area contributed by atoms with Crippen LogP contribution in [0.3, 0.4) is 0 Å². The number of H-pyrrole nitrogens is 2. The third-order valence-corrected chi connectivity index (χ3v) is 5.48. The first-order valence-electron chi connectivity index (χ1n) is 9.88. The number of thioether (sulfide) groups is 1. The lowest BCUT2D eigenvalue weighted by atomic mass is 10.2. The Hall–Kier alpha value is -4.52. The molecule has 2 aromatic carbocycles. The predicted molar refractivity (Wildman–Crippen MR) is 124 cm³/mol. The maximum Gasteiger partial charge on any atom is 0.325 e. The molecule has 4 rings (SSSR count). The summed E-state index contributed by atoms with van der Waals surface area (Å²) in [5.74, 6) is 0.0396. The molecule has 0 unspecified atom stereocenters. The topological polar surface area (TPSA) is 169 Å². The molecule has 172 valence electrons. The molecule has 34 heavy (non-hydrogen) atoms. The molecule has 2 aromatic heterocycles. The lowest BCUT2D eigenvalue weighted by molar-refractivity contribution is -0.384. The van der Waals surface area contributed by atoms with Crippen LogP contribution in [0.1, 0.15) is 11.5 Å². The number of carbonyl (C=O) groups is 1. The van der Waals surface area contributed by atoms with Crippen LogP contribution in [0.4, 0.5) is 11.4 Å². The summed E-state index contributed by atoms with van der Waals surface area (Å²) < 4.78 is 1.73.